The Kier molecular flexibility index (Phi) is 8.42. The Labute approximate surface area is 202 Å². The molecule has 2 aromatic rings. The minimum absolute atomic E-state index is 0.0657. The van der Waals surface area contributed by atoms with E-state index in [4.69, 9.17) is 4.74 Å². The van der Waals surface area contributed by atoms with Gasteiger partial charge in [-0.3, -0.25) is 4.79 Å². The molecule has 0 spiro atoms. The van der Waals surface area contributed by atoms with Crippen molar-refractivity contribution in [3.63, 3.8) is 0 Å². The Hall–Kier alpha value is -2.26. The topological polar surface area (TPSA) is 121 Å². The summed E-state index contributed by atoms with van der Waals surface area (Å²) < 4.78 is 60.9. The highest BCUT2D eigenvalue weighted by atomic mass is 32.2. The van der Waals surface area contributed by atoms with Crippen LogP contribution < -0.4 is 0 Å². The first-order valence-corrected chi connectivity index (χ1v) is 11.6. The number of ether oxygens (including phenoxy) is 1. The van der Waals surface area contributed by atoms with Crippen molar-refractivity contribution < 1.29 is 42.4 Å². The van der Waals surface area contributed by atoms with Gasteiger partial charge in [-0.1, -0.05) is 5.21 Å². The summed E-state index contributed by atoms with van der Waals surface area (Å²) in [5, 5.41) is 38.7. The predicted octanol–water partition coefficient (Wildman–Crippen LogP) is 1.28. The second kappa shape index (κ2) is 10.8. The highest BCUT2D eigenvalue weighted by Crippen LogP contribution is 2.35. The van der Waals surface area contributed by atoms with Crippen molar-refractivity contribution in [3.8, 4) is 11.3 Å². The summed E-state index contributed by atoms with van der Waals surface area (Å²) >= 11 is 0.886. The third-order valence-electron chi connectivity index (χ3n) is 5.35. The number of hydrogen-bond acceptors (Lipinski definition) is 8. The van der Waals surface area contributed by atoms with E-state index < -0.39 is 65.4 Å². The molecule has 1 aliphatic rings. The van der Waals surface area contributed by atoms with Gasteiger partial charge in [0.1, 0.15) is 41.2 Å². The highest BCUT2D eigenvalue weighted by molar-refractivity contribution is 8.00. The zero-order chi connectivity index (χ0) is 26.1. The normalized spacial score (nSPS) is 25.0. The molecular formula is C21H26F4N4O5S. The van der Waals surface area contributed by atoms with E-state index in [1.807, 2.05) is 0 Å². The number of nitrogens with zero attached hydrogens (tertiary/aromatic N) is 4. The Bertz CT molecular complexity index is 1030. The van der Waals surface area contributed by atoms with Crippen LogP contribution in [0.1, 0.15) is 19.9 Å². The van der Waals surface area contributed by atoms with Gasteiger partial charge in [0, 0.05) is 12.6 Å². The number of aliphatic hydroxyl groups is 3. The minimum Gasteiger partial charge on any atom is -0.394 e. The first-order valence-electron chi connectivity index (χ1n) is 10.6. The molecule has 1 aromatic heterocycles. The lowest BCUT2D eigenvalue weighted by Crippen LogP contribution is -2.55. The molecular weight excluding hydrogens is 496 g/mol. The van der Waals surface area contributed by atoms with Crippen molar-refractivity contribution in [2.75, 3.05) is 26.0 Å². The molecule has 3 rings (SSSR count). The minimum atomic E-state index is -1.64. The maximum atomic E-state index is 13.8. The molecule has 1 aromatic carbocycles. The summed E-state index contributed by atoms with van der Waals surface area (Å²) in [5.41, 5.74) is -2.89. The summed E-state index contributed by atoms with van der Waals surface area (Å²) in [7, 11) is 1.43. The Morgan fingerprint density at radius 3 is 2.43 bits per heavy atom. The van der Waals surface area contributed by atoms with Gasteiger partial charge in [-0.05, 0) is 26.0 Å². The molecule has 0 bridgehead atoms. The van der Waals surface area contributed by atoms with E-state index in [-0.39, 0.29) is 23.6 Å². The molecule has 1 amide bonds. The van der Waals surface area contributed by atoms with E-state index in [2.05, 4.69) is 10.3 Å². The second-order valence-corrected chi connectivity index (χ2v) is 9.90. The van der Waals surface area contributed by atoms with Crippen LogP contribution in [0.4, 0.5) is 17.6 Å². The van der Waals surface area contributed by atoms with E-state index in [1.54, 1.807) is 0 Å². The smallest absolute Gasteiger partial charge is 0.232 e. The number of carbonyl (C=O) groups is 1. The van der Waals surface area contributed by atoms with Gasteiger partial charge in [0.25, 0.3) is 0 Å². The van der Waals surface area contributed by atoms with Gasteiger partial charge in [0.05, 0.1) is 25.1 Å². The number of rotatable bonds is 8. The first kappa shape index (κ1) is 27.3. The summed E-state index contributed by atoms with van der Waals surface area (Å²) in [5.74, 6) is -5.11. The molecule has 3 N–H and O–H groups in total. The Morgan fingerprint density at radius 1 is 1.23 bits per heavy atom. The molecule has 194 valence electrons. The maximum Gasteiger partial charge on any atom is 0.232 e. The third kappa shape index (κ3) is 6.30. The van der Waals surface area contributed by atoms with Gasteiger partial charge in [0.15, 0.2) is 17.5 Å². The van der Waals surface area contributed by atoms with Crippen LogP contribution in [0.5, 0.6) is 0 Å². The Balaban J connectivity index is 1.79. The van der Waals surface area contributed by atoms with Gasteiger partial charge >= 0.3 is 0 Å². The van der Waals surface area contributed by atoms with Crippen LogP contribution in [0.3, 0.4) is 0 Å². The van der Waals surface area contributed by atoms with Crippen LogP contribution >= 0.6 is 11.8 Å². The van der Waals surface area contributed by atoms with E-state index in [9.17, 15) is 37.7 Å². The summed E-state index contributed by atoms with van der Waals surface area (Å²) in [6.07, 6.45) is -2.89. The Morgan fingerprint density at radius 2 is 1.86 bits per heavy atom. The van der Waals surface area contributed by atoms with Gasteiger partial charge in [-0.25, -0.2) is 22.2 Å². The highest BCUT2D eigenvalue weighted by Gasteiger charge is 2.46. The lowest BCUT2D eigenvalue weighted by molar-refractivity contribution is -0.178. The standard InChI is InChI=1S/C21H26F4N4O5S/c1-21(2,25)9-28(3)15(31)8-35-20-19(33)17(18(32)14(7-30)34-20)29-6-13(26-27-29)10-4-11(22)16(24)12(23)5-10/h4-6,14,17-20,30,32-33H,7-9H2,1-3H3/t14-,17+,18+,19-,20+/m1/s1. The van der Waals surface area contributed by atoms with Crippen molar-refractivity contribution >= 4 is 17.7 Å². The van der Waals surface area contributed by atoms with E-state index in [1.165, 1.54) is 32.0 Å². The molecule has 0 radical (unpaired) electrons. The monoisotopic (exact) mass is 522 g/mol. The lowest BCUT2D eigenvalue weighted by atomic mass is 9.97. The van der Waals surface area contributed by atoms with E-state index in [0.29, 0.717) is 0 Å². The summed E-state index contributed by atoms with van der Waals surface area (Å²) in [4.78, 5) is 13.6. The molecule has 2 heterocycles. The van der Waals surface area contributed by atoms with Crippen LogP contribution in [0, 0.1) is 17.5 Å². The SMILES string of the molecule is CN(CC(C)(C)F)C(=O)CS[C@@H]1O[C@H](CO)[C@H](O)[C@H](n2cc(-c3cc(F)c(F)c(F)c3)nn2)[C@H]1O. The van der Waals surface area contributed by atoms with Crippen molar-refractivity contribution in [3.05, 3.63) is 35.8 Å². The largest absolute Gasteiger partial charge is 0.394 e. The lowest BCUT2D eigenvalue weighted by Gasteiger charge is -2.41. The van der Waals surface area contributed by atoms with Crippen molar-refractivity contribution in [1.82, 2.24) is 19.9 Å². The zero-order valence-electron chi connectivity index (χ0n) is 19.1. The van der Waals surface area contributed by atoms with Gasteiger partial charge in [0.2, 0.25) is 5.91 Å². The zero-order valence-corrected chi connectivity index (χ0v) is 19.9. The molecule has 9 nitrogen and oxygen atoms in total. The van der Waals surface area contributed by atoms with Gasteiger partial charge < -0.3 is 25.0 Å². The molecule has 5 atom stereocenters. The maximum absolute atomic E-state index is 13.8. The predicted molar refractivity (Wildman–Crippen MR) is 117 cm³/mol. The fourth-order valence-electron chi connectivity index (χ4n) is 3.69. The van der Waals surface area contributed by atoms with Crippen LogP contribution in [-0.4, -0.2) is 96.5 Å². The van der Waals surface area contributed by atoms with Gasteiger partial charge in [-0.2, -0.15) is 0 Å². The van der Waals surface area contributed by atoms with Crippen LogP contribution in [0.2, 0.25) is 0 Å². The summed E-state index contributed by atoms with van der Waals surface area (Å²) in [6, 6.07) is 0.228. The molecule has 1 aliphatic heterocycles. The summed E-state index contributed by atoms with van der Waals surface area (Å²) in [6.45, 7) is 1.89. The van der Waals surface area contributed by atoms with Crippen molar-refractivity contribution in [1.29, 1.82) is 0 Å². The number of carbonyl (C=O) groups excluding carboxylic acids is 1. The van der Waals surface area contributed by atoms with Crippen LogP contribution in [0.25, 0.3) is 11.3 Å². The van der Waals surface area contributed by atoms with Gasteiger partial charge in [-0.15, -0.1) is 16.9 Å². The molecule has 1 saturated heterocycles. The number of hydrogen-bond donors (Lipinski definition) is 3. The van der Waals surface area contributed by atoms with Crippen LogP contribution in [-0.2, 0) is 9.53 Å². The third-order valence-corrected chi connectivity index (χ3v) is 6.49. The van der Waals surface area contributed by atoms with E-state index >= 15 is 0 Å². The first-order chi connectivity index (χ1) is 16.3. The van der Waals surface area contributed by atoms with Crippen LogP contribution in [0.15, 0.2) is 18.3 Å². The average Bonchev–Trinajstić information content (AvgIpc) is 3.25. The van der Waals surface area contributed by atoms with Crippen molar-refractivity contribution in [2.24, 2.45) is 0 Å². The molecule has 35 heavy (non-hydrogen) atoms. The molecule has 0 unspecified atom stereocenters. The number of aromatic nitrogens is 3. The second-order valence-electron chi connectivity index (χ2n) is 8.81. The average molecular weight is 523 g/mol. The number of halogens is 4. The quantitative estimate of drug-likeness (QED) is 0.350. The number of amides is 1. The molecule has 1 fully saturated rings. The number of alkyl halides is 1. The molecule has 0 aliphatic carbocycles. The van der Waals surface area contributed by atoms with E-state index in [0.717, 1.165) is 28.6 Å². The number of benzene rings is 1. The number of thioether (sulfide) groups is 1. The number of aliphatic hydroxyl groups excluding tert-OH is 3. The fourth-order valence-corrected chi connectivity index (χ4v) is 4.80. The molecule has 14 heteroatoms. The molecule has 0 saturated carbocycles. The van der Waals surface area contributed by atoms with Crippen molar-refractivity contribution in [2.45, 2.75) is 49.3 Å². The fraction of sp³-hybridized carbons (Fsp3) is 0.571.